The first-order valence-electron chi connectivity index (χ1n) is 9.68. The van der Waals surface area contributed by atoms with E-state index >= 15 is 0 Å². The fourth-order valence-electron chi connectivity index (χ4n) is 3.32. The van der Waals surface area contributed by atoms with Gasteiger partial charge < -0.3 is 18.8 Å². The minimum absolute atomic E-state index is 0.193. The first-order chi connectivity index (χ1) is 14.1. The van der Waals surface area contributed by atoms with E-state index in [1.54, 1.807) is 7.11 Å². The summed E-state index contributed by atoms with van der Waals surface area (Å²) in [5, 5.41) is 8.31. The largest absolute Gasteiger partial charge is 0.497 e. The molecule has 0 N–H and O–H groups in total. The lowest BCUT2D eigenvalue weighted by molar-refractivity contribution is 0.00973. The molecule has 152 valence electrons. The van der Waals surface area contributed by atoms with Crippen molar-refractivity contribution in [2.45, 2.75) is 19.2 Å². The van der Waals surface area contributed by atoms with Crippen LogP contribution in [-0.2, 0) is 13.1 Å². The molecule has 1 saturated heterocycles. The molecule has 0 aliphatic carbocycles. The molecule has 1 aliphatic heterocycles. The lowest BCUT2D eigenvalue weighted by atomic mass is 10.1. The summed E-state index contributed by atoms with van der Waals surface area (Å²) in [6, 6.07) is 15.9. The van der Waals surface area contributed by atoms with Crippen molar-refractivity contribution in [2.24, 2.45) is 0 Å². The molecule has 1 aliphatic rings. The fourth-order valence-corrected chi connectivity index (χ4v) is 3.32. The topological polar surface area (TPSA) is 63.9 Å². The number of aromatic nitrogens is 2. The Kier molecular flexibility index (Phi) is 5.78. The number of ether oxygens (including phenoxy) is 2. The lowest BCUT2D eigenvalue weighted by Crippen LogP contribution is -2.53. The van der Waals surface area contributed by atoms with Crippen molar-refractivity contribution in [1.82, 2.24) is 20.0 Å². The van der Waals surface area contributed by atoms with Gasteiger partial charge in [-0.25, -0.2) is 0 Å². The van der Waals surface area contributed by atoms with Crippen molar-refractivity contribution >= 4 is 0 Å². The average Bonchev–Trinajstić information content (AvgIpc) is 3.16. The molecule has 0 atom stereocenters. The number of nitrogens with zero attached hydrogens (tertiary/aromatic N) is 4. The number of methoxy groups -OCH3 is 1. The quantitative estimate of drug-likeness (QED) is 0.582. The minimum atomic E-state index is 0.193. The Hall–Kier alpha value is -2.90. The van der Waals surface area contributed by atoms with Crippen LogP contribution in [0.4, 0.5) is 0 Å². The highest BCUT2D eigenvalue weighted by atomic mass is 16.5. The molecule has 2 aromatic carbocycles. The highest BCUT2D eigenvalue weighted by Gasteiger charge is 2.29. The van der Waals surface area contributed by atoms with Crippen molar-refractivity contribution < 1.29 is 13.9 Å². The van der Waals surface area contributed by atoms with Crippen molar-refractivity contribution in [1.29, 1.82) is 0 Å². The van der Waals surface area contributed by atoms with Crippen molar-refractivity contribution in [3.63, 3.8) is 0 Å². The molecule has 0 radical (unpaired) electrons. The monoisotopic (exact) mass is 394 g/mol. The third kappa shape index (κ3) is 4.93. The summed E-state index contributed by atoms with van der Waals surface area (Å²) >= 11 is 0. The van der Waals surface area contributed by atoms with Crippen LogP contribution in [0.5, 0.6) is 11.5 Å². The van der Waals surface area contributed by atoms with Crippen molar-refractivity contribution in [2.75, 3.05) is 34.3 Å². The van der Waals surface area contributed by atoms with E-state index in [1.807, 2.05) is 36.4 Å². The molecule has 0 unspecified atom stereocenters. The Morgan fingerprint density at radius 2 is 1.69 bits per heavy atom. The summed E-state index contributed by atoms with van der Waals surface area (Å²) in [4.78, 5) is 4.38. The van der Waals surface area contributed by atoms with Crippen LogP contribution in [0.3, 0.4) is 0 Å². The second-order valence-corrected chi connectivity index (χ2v) is 7.55. The Morgan fingerprint density at radius 1 is 1.00 bits per heavy atom. The smallest absolute Gasteiger partial charge is 0.247 e. The maximum absolute atomic E-state index is 6.04. The van der Waals surface area contributed by atoms with Crippen LogP contribution in [0.2, 0.25) is 0 Å². The van der Waals surface area contributed by atoms with Gasteiger partial charge >= 0.3 is 0 Å². The zero-order valence-corrected chi connectivity index (χ0v) is 17.0. The second-order valence-electron chi connectivity index (χ2n) is 7.55. The van der Waals surface area contributed by atoms with Crippen molar-refractivity contribution in [3.05, 3.63) is 60.0 Å². The predicted molar refractivity (Wildman–Crippen MR) is 110 cm³/mol. The molecule has 0 saturated carbocycles. The highest BCUT2D eigenvalue weighted by molar-refractivity contribution is 5.53. The van der Waals surface area contributed by atoms with E-state index < -0.39 is 0 Å². The first-order valence-corrected chi connectivity index (χ1v) is 9.68. The molecule has 29 heavy (non-hydrogen) atoms. The number of benzene rings is 2. The molecule has 0 bridgehead atoms. The Morgan fingerprint density at radius 3 is 2.34 bits per heavy atom. The average molecular weight is 394 g/mol. The molecule has 2 heterocycles. The maximum atomic E-state index is 6.04. The Labute approximate surface area is 170 Å². The van der Waals surface area contributed by atoms with Crippen LogP contribution in [0, 0.1) is 0 Å². The SMILES string of the molecule is COc1ccc(-c2nnc(CN3CC(Oc4ccc(CN(C)C)cc4)C3)o2)cc1. The van der Waals surface area contributed by atoms with Crippen LogP contribution in [0.15, 0.2) is 52.9 Å². The third-order valence-corrected chi connectivity index (χ3v) is 4.81. The van der Waals surface area contributed by atoms with E-state index in [2.05, 4.69) is 46.2 Å². The number of hydrogen-bond acceptors (Lipinski definition) is 7. The van der Waals surface area contributed by atoms with E-state index in [4.69, 9.17) is 13.9 Å². The summed E-state index contributed by atoms with van der Waals surface area (Å²) in [5.74, 6) is 2.85. The molecule has 7 nitrogen and oxygen atoms in total. The van der Waals surface area contributed by atoms with Crippen LogP contribution in [-0.4, -0.2) is 60.4 Å². The molecule has 3 aromatic rings. The molecule has 7 heteroatoms. The number of likely N-dealkylation sites (tertiary alicyclic amines) is 1. The summed E-state index contributed by atoms with van der Waals surface area (Å²) in [6.07, 6.45) is 0.193. The third-order valence-electron chi connectivity index (χ3n) is 4.81. The minimum Gasteiger partial charge on any atom is -0.497 e. The molecule has 1 aromatic heterocycles. The maximum Gasteiger partial charge on any atom is 0.247 e. The molecule has 0 amide bonds. The molecule has 1 fully saturated rings. The van der Waals surface area contributed by atoms with Crippen LogP contribution in [0.25, 0.3) is 11.5 Å². The van der Waals surface area contributed by atoms with Gasteiger partial charge in [0.05, 0.1) is 13.7 Å². The fraction of sp³-hybridized carbons (Fsp3) is 0.364. The van der Waals surface area contributed by atoms with E-state index in [9.17, 15) is 0 Å². The molecule has 0 spiro atoms. The van der Waals surface area contributed by atoms with Gasteiger partial charge in [0.25, 0.3) is 0 Å². The summed E-state index contributed by atoms with van der Waals surface area (Å²) in [6.45, 7) is 3.25. The van der Waals surface area contributed by atoms with Gasteiger partial charge in [0, 0.05) is 25.2 Å². The normalized spacial score (nSPS) is 14.8. The molecule has 4 rings (SSSR count). The number of hydrogen-bond donors (Lipinski definition) is 0. The zero-order chi connectivity index (χ0) is 20.2. The van der Waals surface area contributed by atoms with E-state index in [1.165, 1.54) is 5.56 Å². The van der Waals surface area contributed by atoms with Gasteiger partial charge in [-0.05, 0) is 56.1 Å². The number of rotatable bonds is 8. The molecular weight excluding hydrogens is 368 g/mol. The van der Waals surface area contributed by atoms with Gasteiger partial charge in [-0.1, -0.05) is 12.1 Å². The van der Waals surface area contributed by atoms with Gasteiger partial charge in [-0.2, -0.15) is 0 Å². The second kappa shape index (κ2) is 8.63. The van der Waals surface area contributed by atoms with E-state index in [-0.39, 0.29) is 6.10 Å². The summed E-state index contributed by atoms with van der Waals surface area (Å²) < 4.78 is 17.0. The Balaban J connectivity index is 1.25. The summed E-state index contributed by atoms with van der Waals surface area (Å²) in [7, 11) is 5.78. The lowest BCUT2D eigenvalue weighted by Gasteiger charge is -2.38. The highest BCUT2D eigenvalue weighted by Crippen LogP contribution is 2.23. The van der Waals surface area contributed by atoms with Gasteiger partial charge in [-0.15, -0.1) is 10.2 Å². The predicted octanol–water partition coefficient (Wildman–Crippen LogP) is 3.07. The van der Waals surface area contributed by atoms with Gasteiger partial charge in [0.2, 0.25) is 11.8 Å². The van der Waals surface area contributed by atoms with Gasteiger partial charge in [0.1, 0.15) is 17.6 Å². The first kappa shape index (κ1) is 19.4. The van der Waals surface area contributed by atoms with Crippen LogP contribution < -0.4 is 9.47 Å². The van der Waals surface area contributed by atoms with Crippen LogP contribution in [0.1, 0.15) is 11.5 Å². The van der Waals surface area contributed by atoms with Crippen LogP contribution >= 0.6 is 0 Å². The van der Waals surface area contributed by atoms with Gasteiger partial charge in [0.15, 0.2) is 0 Å². The van der Waals surface area contributed by atoms with Gasteiger partial charge in [-0.3, -0.25) is 4.90 Å². The standard InChI is InChI=1S/C22H26N4O3/c1-25(2)12-16-4-8-19(9-5-16)28-20-13-26(14-20)15-21-23-24-22(29-21)17-6-10-18(27-3)11-7-17/h4-11,20H,12-15H2,1-3H3. The zero-order valence-electron chi connectivity index (χ0n) is 17.0. The summed E-state index contributed by atoms with van der Waals surface area (Å²) in [5.41, 5.74) is 2.16. The molecular formula is C22H26N4O3. The Bertz CT molecular complexity index is 916. The van der Waals surface area contributed by atoms with E-state index in [0.717, 1.165) is 36.7 Å². The van der Waals surface area contributed by atoms with Crippen molar-refractivity contribution in [3.8, 4) is 23.0 Å². The van der Waals surface area contributed by atoms with E-state index in [0.29, 0.717) is 18.3 Å².